The van der Waals surface area contributed by atoms with Gasteiger partial charge >= 0.3 is 0 Å². The van der Waals surface area contributed by atoms with Crippen LogP contribution in [0.2, 0.25) is 0 Å². The molecular formula is C13H17BrN2O. The van der Waals surface area contributed by atoms with Crippen molar-refractivity contribution in [3.63, 3.8) is 0 Å². The fourth-order valence-electron chi connectivity index (χ4n) is 1.45. The van der Waals surface area contributed by atoms with Gasteiger partial charge in [-0.2, -0.15) is 0 Å². The Bertz CT molecular complexity index is 418. The molecule has 3 nitrogen and oxygen atoms in total. The maximum absolute atomic E-state index is 12.0. The number of hydrogen-bond acceptors (Lipinski definition) is 2. The molecule has 0 heterocycles. The number of nitrogens with two attached hydrogens (primary N) is 1. The van der Waals surface area contributed by atoms with Crippen LogP contribution in [0.4, 0.5) is 5.69 Å². The van der Waals surface area contributed by atoms with E-state index in [1.54, 1.807) is 30.1 Å². The van der Waals surface area contributed by atoms with Crippen molar-refractivity contribution in [3.05, 3.63) is 40.9 Å². The zero-order valence-corrected chi connectivity index (χ0v) is 11.5. The summed E-state index contributed by atoms with van der Waals surface area (Å²) >= 11 is 3.32. The molecule has 0 saturated carbocycles. The Morgan fingerprint density at radius 1 is 1.59 bits per heavy atom. The van der Waals surface area contributed by atoms with Gasteiger partial charge in [-0.25, -0.2) is 0 Å². The Morgan fingerprint density at radius 2 is 2.29 bits per heavy atom. The Kier molecular flexibility index (Phi) is 5.22. The number of hydrogen-bond donors (Lipinski definition) is 1. The van der Waals surface area contributed by atoms with E-state index < -0.39 is 0 Å². The van der Waals surface area contributed by atoms with Crippen LogP contribution in [-0.4, -0.2) is 24.4 Å². The van der Waals surface area contributed by atoms with Crippen LogP contribution in [0.25, 0.3) is 0 Å². The van der Waals surface area contributed by atoms with Crippen molar-refractivity contribution in [2.75, 3.05) is 19.3 Å². The van der Waals surface area contributed by atoms with Gasteiger partial charge in [0, 0.05) is 29.3 Å². The zero-order chi connectivity index (χ0) is 12.8. The van der Waals surface area contributed by atoms with Crippen LogP contribution in [-0.2, 0) is 0 Å². The lowest BCUT2D eigenvalue weighted by Gasteiger charge is -2.17. The monoisotopic (exact) mass is 296 g/mol. The fraction of sp³-hybridized carbons (Fsp3) is 0.308. The Morgan fingerprint density at radius 3 is 2.88 bits per heavy atom. The Hall–Kier alpha value is -1.29. The third-order valence-electron chi connectivity index (χ3n) is 2.50. The first-order valence-corrected chi connectivity index (χ1v) is 6.27. The largest absolute Gasteiger partial charge is 0.398 e. The second kappa shape index (κ2) is 6.45. The summed E-state index contributed by atoms with van der Waals surface area (Å²) in [5.74, 6) is 0.00904. The van der Waals surface area contributed by atoms with E-state index in [1.165, 1.54) is 0 Å². The van der Waals surface area contributed by atoms with E-state index in [0.717, 1.165) is 23.9 Å². The number of allylic oxidation sites excluding steroid dienone is 1. The fourth-order valence-corrected chi connectivity index (χ4v) is 1.83. The highest BCUT2D eigenvalue weighted by molar-refractivity contribution is 9.10. The molecule has 4 heteroatoms. The summed E-state index contributed by atoms with van der Waals surface area (Å²) in [6.07, 6.45) is 3.71. The molecular weight excluding hydrogens is 280 g/mol. The van der Waals surface area contributed by atoms with Gasteiger partial charge in [-0.3, -0.25) is 4.79 Å². The average Bonchev–Trinajstić information content (AvgIpc) is 2.32. The van der Waals surface area contributed by atoms with E-state index in [-0.39, 0.29) is 5.91 Å². The first kappa shape index (κ1) is 13.8. The van der Waals surface area contributed by atoms with Crippen LogP contribution < -0.4 is 5.73 Å². The summed E-state index contributed by atoms with van der Waals surface area (Å²) in [6, 6.07) is 5.23. The van der Waals surface area contributed by atoms with Crippen molar-refractivity contribution in [2.24, 2.45) is 0 Å². The van der Waals surface area contributed by atoms with E-state index >= 15 is 0 Å². The molecule has 0 bridgehead atoms. The number of carbonyl (C=O) groups excluding carboxylic acids is 1. The molecule has 0 atom stereocenters. The van der Waals surface area contributed by atoms with Crippen molar-refractivity contribution in [1.29, 1.82) is 0 Å². The maximum Gasteiger partial charge on any atom is 0.253 e. The van der Waals surface area contributed by atoms with Gasteiger partial charge in [0.25, 0.3) is 5.91 Å². The van der Waals surface area contributed by atoms with Crippen LogP contribution >= 0.6 is 15.9 Å². The number of benzene rings is 1. The number of nitrogen functional groups attached to an aromatic ring is 1. The van der Waals surface area contributed by atoms with Gasteiger partial charge in [0.05, 0.1) is 0 Å². The van der Waals surface area contributed by atoms with Crippen LogP contribution in [0.15, 0.2) is 35.3 Å². The van der Waals surface area contributed by atoms with E-state index in [2.05, 4.69) is 22.5 Å². The van der Waals surface area contributed by atoms with Gasteiger partial charge in [-0.15, -0.1) is 6.58 Å². The van der Waals surface area contributed by atoms with Crippen molar-refractivity contribution >= 4 is 27.5 Å². The number of nitrogens with zero attached hydrogens (tertiary/aromatic N) is 1. The van der Waals surface area contributed by atoms with E-state index in [4.69, 9.17) is 5.73 Å². The number of carbonyl (C=O) groups is 1. The average molecular weight is 297 g/mol. The number of anilines is 1. The minimum atomic E-state index is 0.00904. The zero-order valence-electron chi connectivity index (χ0n) is 9.95. The van der Waals surface area contributed by atoms with Crippen LogP contribution in [0, 0.1) is 0 Å². The lowest BCUT2D eigenvalue weighted by atomic mass is 10.2. The smallest absolute Gasteiger partial charge is 0.253 e. The highest BCUT2D eigenvalue weighted by Crippen LogP contribution is 2.21. The molecule has 0 aliphatic rings. The molecule has 1 amide bonds. The van der Waals surface area contributed by atoms with E-state index in [1.807, 2.05) is 6.08 Å². The molecule has 17 heavy (non-hydrogen) atoms. The standard InChI is InChI=1S/C13H17BrN2O/c1-3-4-5-8-16(2)13(17)10-6-7-12(15)11(14)9-10/h3,6-7,9H,1,4-5,8,15H2,2H3. The topological polar surface area (TPSA) is 46.3 Å². The second-order valence-corrected chi connectivity index (χ2v) is 4.75. The third kappa shape index (κ3) is 3.89. The molecule has 0 spiro atoms. The Balaban J connectivity index is 2.68. The lowest BCUT2D eigenvalue weighted by Crippen LogP contribution is -2.27. The van der Waals surface area contributed by atoms with Gasteiger partial charge < -0.3 is 10.6 Å². The van der Waals surface area contributed by atoms with Gasteiger partial charge in [0.15, 0.2) is 0 Å². The normalized spacial score (nSPS) is 10.0. The van der Waals surface area contributed by atoms with Crippen LogP contribution in [0.3, 0.4) is 0 Å². The predicted octanol–water partition coefficient (Wildman–Crippen LogP) is 3.07. The predicted molar refractivity (Wildman–Crippen MR) is 74.9 cm³/mol. The second-order valence-electron chi connectivity index (χ2n) is 3.89. The molecule has 1 rings (SSSR count). The number of amides is 1. The summed E-state index contributed by atoms with van der Waals surface area (Å²) in [5, 5.41) is 0. The summed E-state index contributed by atoms with van der Waals surface area (Å²) in [7, 11) is 1.80. The minimum Gasteiger partial charge on any atom is -0.398 e. The van der Waals surface area contributed by atoms with Crippen molar-refractivity contribution in [2.45, 2.75) is 12.8 Å². The number of rotatable bonds is 5. The third-order valence-corrected chi connectivity index (χ3v) is 3.18. The SMILES string of the molecule is C=CCCCN(C)C(=O)c1ccc(N)c(Br)c1. The van der Waals surface area contributed by atoms with E-state index in [0.29, 0.717) is 11.3 Å². The quantitative estimate of drug-likeness (QED) is 0.516. The summed E-state index contributed by atoms with van der Waals surface area (Å²) in [5.41, 5.74) is 6.96. The molecule has 1 aromatic carbocycles. The van der Waals surface area contributed by atoms with Gasteiger partial charge in [0.2, 0.25) is 0 Å². The molecule has 0 radical (unpaired) electrons. The molecule has 0 saturated heterocycles. The summed E-state index contributed by atoms with van der Waals surface area (Å²) in [4.78, 5) is 13.8. The minimum absolute atomic E-state index is 0.00904. The molecule has 0 aromatic heterocycles. The summed E-state index contributed by atoms with van der Waals surface area (Å²) < 4.78 is 0.753. The molecule has 2 N–H and O–H groups in total. The highest BCUT2D eigenvalue weighted by Gasteiger charge is 2.11. The summed E-state index contributed by atoms with van der Waals surface area (Å²) in [6.45, 7) is 4.39. The lowest BCUT2D eigenvalue weighted by molar-refractivity contribution is 0.0794. The maximum atomic E-state index is 12.0. The van der Waals surface area contributed by atoms with Crippen molar-refractivity contribution in [1.82, 2.24) is 4.90 Å². The van der Waals surface area contributed by atoms with Gasteiger partial charge in [-0.1, -0.05) is 6.08 Å². The van der Waals surface area contributed by atoms with Gasteiger partial charge in [0.1, 0.15) is 0 Å². The van der Waals surface area contributed by atoms with Crippen LogP contribution in [0.5, 0.6) is 0 Å². The van der Waals surface area contributed by atoms with Crippen molar-refractivity contribution < 1.29 is 4.79 Å². The molecule has 1 aromatic rings. The highest BCUT2D eigenvalue weighted by atomic mass is 79.9. The van der Waals surface area contributed by atoms with Crippen molar-refractivity contribution in [3.8, 4) is 0 Å². The molecule has 0 fully saturated rings. The molecule has 92 valence electrons. The first-order chi connectivity index (χ1) is 8.06. The first-order valence-electron chi connectivity index (χ1n) is 5.47. The molecule has 0 aliphatic carbocycles. The number of halogens is 1. The van der Waals surface area contributed by atoms with Gasteiger partial charge in [-0.05, 0) is 47.0 Å². The molecule has 0 aliphatic heterocycles. The van der Waals surface area contributed by atoms with Crippen LogP contribution in [0.1, 0.15) is 23.2 Å². The van der Waals surface area contributed by atoms with E-state index in [9.17, 15) is 4.79 Å². The molecule has 0 unspecified atom stereocenters. The Labute approximate surface area is 110 Å². The number of unbranched alkanes of at least 4 members (excludes halogenated alkanes) is 1.